The van der Waals surface area contributed by atoms with E-state index in [-0.39, 0.29) is 31.7 Å². The van der Waals surface area contributed by atoms with E-state index < -0.39 is 91.1 Å². The summed E-state index contributed by atoms with van der Waals surface area (Å²) in [6, 6.07) is -0.543. The van der Waals surface area contributed by atoms with Crippen LogP contribution in [0, 0.1) is 11.8 Å². The van der Waals surface area contributed by atoms with E-state index in [0.717, 1.165) is 0 Å². The van der Waals surface area contributed by atoms with Crippen molar-refractivity contribution in [3.8, 4) is 0 Å². The smallest absolute Gasteiger partial charge is 0.309 e. The molecule has 0 aromatic carbocycles. The lowest BCUT2D eigenvalue weighted by Gasteiger charge is -2.49. The maximum absolute atomic E-state index is 13.4. The van der Waals surface area contributed by atoms with Gasteiger partial charge in [0, 0.05) is 53.9 Å². The Labute approximate surface area is 302 Å². The average molecular weight is 726 g/mol. The van der Waals surface area contributed by atoms with Crippen molar-refractivity contribution >= 4 is 23.7 Å². The van der Waals surface area contributed by atoms with Crippen LogP contribution in [0.2, 0.25) is 0 Å². The van der Waals surface area contributed by atoms with Gasteiger partial charge in [0.15, 0.2) is 24.5 Å². The maximum atomic E-state index is 13.4. The molecule has 290 valence electrons. The van der Waals surface area contributed by atoms with Gasteiger partial charge in [-0.2, -0.15) is 0 Å². The second-order valence-corrected chi connectivity index (χ2v) is 13.2. The molecule has 2 heterocycles. The zero-order chi connectivity index (χ0) is 38.2. The second kappa shape index (κ2) is 22.2. The first-order valence-corrected chi connectivity index (χ1v) is 17.4. The van der Waals surface area contributed by atoms with Crippen LogP contribution < -0.4 is 0 Å². The number of hydrogen-bond acceptors (Lipinski definition) is 14. The Morgan fingerprint density at radius 2 is 1.65 bits per heavy atom. The number of rotatable bonds is 13. The summed E-state index contributed by atoms with van der Waals surface area (Å²) in [6.45, 7) is 11.8. The summed E-state index contributed by atoms with van der Waals surface area (Å²) in [7, 11) is 8.04. The molecule has 0 bridgehead atoms. The van der Waals surface area contributed by atoms with Crippen molar-refractivity contribution < 1.29 is 61.8 Å². The summed E-state index contributed by atoms with van der Waals surface area (Å²) in [5.74, 6) is -3.12. The summed E-state index contributed by atoms with van der Waals surface area (Å²) in [6.07, 6.45) is 0.766. The van der Waals surface area contributed by atoms with Crippen LogP contribution in [0.1, 0.15) is 60.3 Å². The van der Waals surface area contributed by atoms with E-state index in [1.807, 2.05) is 25.9 Å². The van der Waals surface area contributed by atoms with Gasteiger partial charge in [-0.1, -0.05) is 31.2 Å². The van der Waals surface area contributed by atoms with E-state index in [4.69, 9.17) is 42.6 Å². The molecule has 0 aliphatic carbocycles. The molecule has 14 heteroatoms. The Morgan fingerprint density at radius 1 is 0.980 bits per heavy atom. The Morgan fingerprint density at radius 3 is 2.22 bits per heavy atom. The topological polar surface area (TPSA) is 155 Å². The standard InChI is InChI=1S/C37H59NO13/c1-12-18-46-33-24(4)48-37(36(50-26(6)40)32(33)38(7)8)51-34-27(20-31(43-9)44-10)19-22(2)28(41)17-15-13-14-16-23(3)47-30(42)21-29(35(34)45-11)49-25(5)39/h12-15,17,22-24,27,29,31-37H,1,16,18-21H2,2-11H3/b14-13+,17-15+/t22-,23-,24-,27?,29?,32+,33-,34+,35+,36-,37+/m1/s1. The molecule has 1 fully saturated rings. The van der Waals surface area contributed by atoms with E-state index in [1.54, 1.807) is 38.2 Å². The molecule has 0 aromatic heterocycles. The van der Waals surface area contributed by atoms with Gasteiger partial charge in [0.2, 0.25) is 0 Å². The fraction of sp³-hybridized carbons (Fsp3) is 0.730. The predicted molar refractivity (Wildman–Crippen MR) is 186 cm³/mol. The lowest BCUT2D eigenvalue weighted by Crippen LogP contribution is -2.65. The number of ether oxygens (including phenoxy) is 9. The molecule has 1 saturated heterocycles. The van der Waals surface area contributed by atoms with Gasteiger partial charge in [-0.05, 0) is 46.4 Å². The molecule has 51 heavy (non-hydrogen) atoms. The number of nitrogens with zero attached hydrogens (tertiary/aromatic N) is 1. The van der Waals surface area contributed by atoms with Crippen LogP contribution >= 0.6 is 0 Å². The minimum Gasteiger partial charge on any atom is -0.462 e. The molecule has 0 saturated carbocycles. The zero-order valence-electron chi connectivity index (χ0n) is 31.8. The number of carbonyl (C=O) groups is 4. The van der Waals surface area contributed by atoms with Crippen molar-refractivity contribution in [3.63, 3.8) is 0 Å². The number of carbonyl (C=O) groups excluding carboxylic acids is 4. The molecule has 0 radical (unpaired) electrons. The Hall–Kier alpha value is -2.98. The number of ketones is 1. The molecule has 2 aliphatic heterocycles. The predicted octanol–water partition coefficient (Wildman–Crippen LogP) is 3.55. The highest BCUT2D eigenvalue weighted by Gasteiger charge is 2.51. The highest BCUT2D eigenvalue weighted by molar-refractivity contribution is 5.91. The summed E-state index contributed by atoms with van der Waals surface area (Å²) < 4.78 is 54.0. The minimum atomic E-state index is -1.21. The van der Waals surface area contributed by atoms with Crippen molar-refractivity contribution in [2.24, 2.45) is 11.8 Å². The van der Waals surface area contributed by atoms with E-state index in [1.165, 1.54) is 41.3 Å². The highest BCUT2D eigenvalue weighted by atomic mass is 16.7. The summed E-state index contributed by atoms with van der Waals surface area (Å²) >= 11 is 0. The van der Waals surface area contributed by atoms with E-state index in [2.05, 4.69) is 6.58 Å². The van der Waals surface area contributed by atoms with Crippen molar-refractivity contribution in [1.82, 2.24) is 4.90 Å². The van der Waals surface area contributed by atoms with Crippen LogP contribution in [-0.4, -0.2) is 132 Å². The van der Waals surface area contributed by atoms with Crippen LogP contribution in [0.5, 0.6) is 0 Å². The molecule has 11 atom stereocenters. The first-order valence-electron chi connectivity index (χ1n) is 17.4. The molecule has 2 unspecified atom stereocenters. The summed E-state index contributed by atoms with van der Waals surface area (Å²) in [5, 5.41) is 0. The van der Waals surface area contributed by atoms with Crippen LogP contribution in [-0.2, 0) is 61.8 Å². The maximum Gasteiger partial charge on any atom is 0.309 e. The zero-order valence-corrected chi connectivity index (χ0v) is 31.8. The van der Waals surface area contributed by atoms with E-state index >= 15 is 0 Å². The normalized spacial score (nSPS) is 34.1. The van der Waals surface area contributed by atoms with Gasteiger partial charge >= 0.3 is 17.9 Å². The Kier molecular flexibility index (Phi) is 19.2. The van der Waals surface area contributed by atoms with Gasteiger partial charge < -0.3 is 47.5 Å². The highest BCUT2D eigenvalue weighted by Crippen LogP contribution is 2.36. The number of esters is 3. The van der Waals surface area contributed by atoms with Crippen LogP contribution in [0.15, 0.2) is 37.0 Å². The molecule has 0 aromatic rings. The molecule has 0 amide bonds. The number of allylic oxidation sites excluding steroid dienone is 3. The van der Waals surface area contributed by atoms with Crippen LogP contribution in [0.3, 0.4) is 0 Å². The van der Waals surface area contributed by atoms with Crippen LogP contribution in [0.4, 0.5) is 0 Å². The quantitative estimate of drug-likeness (QED) is 0.118. The van der Waals surface area contributed by atoms with Gasteiger partial charge in [-0.25, -0.2) is 0 Å². The molecule has 14 nitrogen and oxygen atoms in total. The van der Waals surface area contributed by atoms with E-state index in [9.17, 15) is 19.2 Å². The van der Waals surface area contributed by atoms with Crippen molar-refractivity contribution in [1.29, 1.82) is 0 Å². The first-order chi connectivity index (χ1) is 24.2. The lowest BCUT2D eigenvalue weighted by atomic mass is 9.82. The summed E-state index contributed by atoms with van der Waals surface area (Å²) in [4.78, 5) is 53.7. The fourth-order valence-corrected chi connectivity index (χ4v) is 6.59. The largest absolute Gasteiger partial charge is 0.462 e. The third kappa shape index (κ3) is 13.8. The number of likely N-dealkylation sites (N-methyl/N-ethyl adjacent to an activating group) is 1. The SMILES string of the molecule is C=CCO[C@H]1[C@H](N(C)C)[C@@H](OC(C)=O)[C@H](O[C@H]2C(CC(OC)OC)C[C@@H](C)C(=O)/C=C/C=C/C[C@@H](C)OC(=O)CC(OC(C)=O)[C@@H]2OC)O[C@@H]1C. The third-order valence-electron chi connectivity index (χ3n) is 8.93. The van der Waals surface area contributed by atoms with Gasteiger partial charge in [0.05, 0.1) is 31.3 Å². The number of methoxy groups -OCH3 is 3. The van der Waals surface area contributed by atoms with Gasteiger partial charge in [0.1, 0.15) is 24.4 Å². The van der Waals surface area contributed by atoms with Crippen molar-refractivity contribution in [2.75, 3.05) is 42.0 Å². The van der Waals surface area contributed by atoms with Gasteiger partial charge in [-0.3, -0.25) is 19.2 Å². The van der Waals surface area contributed by atoms with Gasteiger partial charge in [-0.15, -0.1) is 6.58 Å². The number of cyclic esters (lactones) is 1. The molecular weight excluding hydrogens is 666 g/mol. The second-order valence-electron chi connectivity index (χ2n) is 13.2. The fourth-order valence-electron chi connectivity index (χ4n) is 6.59. The Bertz CT molecular complexity index is 1180. The molecule has 2 rings (SSSR count). The van der Waals surface area contributed by atoms with Crippen LogP contribution in [0.25, 0.3) is 0 Å². The molecule has 2 aliphatic rings. The molecule has 0 N–H and O–H groups in total. The average Bonchev–Trinajstić information content (AvgIpc) is 3.05. The monoisotopic (exact) mass is 725 g/mol. The molecular formula is C37H59NO13. The van der Waals surface area contributed by atoms with Crippen molar-refractivity contribution in [3.05, 3.63) is 37.0 Å². The Balaban J connectivity index is 2.82. The van der Waals surface area contributed by atoms with Gasteiger partial charge in [0.25, 0.3) is 0 Å². The number of hydrogen-bond donors (Lipinski definition) is 0. The van der Waals surface area contributed by atoms with E-state index in [0.29, 0.717) is 6.42 Å². The lowest BCUT2D eigenvalue weighted by molar-refractivity contribution is -0.316. The third-order valence-corrected chi connectivity index (χ3v) is 8.93. The van der Waals surface area contributed by atoms with Crippen molar-refractivity contribution in [2.45, 2.75) is 122 Å². The first kappa shape index (κ1) is 44.2. The summed E-state index contributed by atoms with van der Waals surface area (Å²) in [5.41, 5.74) is 0. The molecule has 0 spiro atoms. The minimum absolute atomic E-state index is 0.137.